The summed E-state index contributed by atoms with van der Waals surface area (Å²) in [4.78, 5) is 26.8. The molecule has 7 nitrogen and oxygen atoms in total. The van der Waals surface area contributed by atoms with Gasteiger partial charge in [-0.15, -0.1) is 0 Å². The van der Waals surface area contributed by atoms with Crippen molar-refractivity contribution in [3.05, 3.63) is 50.4 Å². The van der Waals surface area contributed by atoms with E-state index < -0.39 is 0 Å². The minimum atomic E-state index is -0.344. The lowest BCUT2D eigenvalue weighted by atomic mass is 10.2. The zero-order valence-corrected chi connectivity index (χ0v) is 21.0. The summed E-state index contributed by atoms with van der Waals surface area (Å²) in [5.41, 5.74) is 0.755. The van der Waals surface area contributed by atoms with Crippen molar-refractivity contribution in [2.45, 2.75) is 13.3 Å². The lowest BCUT2D eigenvalue weighted by Gasteiger charge is -2.14. The molecule has 2 aromatic rings. The van der Waals surface area contributed by atoms with Gasteiger partial charge in [0.2, 0.25) is 0 Å². The van der Waals surface area contributed by atoms with Crippen LogP contribution in [0, 0.1) is 3.57 Å². The molecule has 1 fully saturated rings. The van der Waals surface area contributed by atoms with Crippen molar-refractivity contribution < 1.29 is 28.5 Å². The first-order chi connectivity index (χ1) is 15.5. The number of halogens is 1. The molecule has 2 aromatic carbocycles. The Morgan fingerprint density at radius 3 is 2.41 bits per heavy atom. The van der Waals surface area contributed by atoms with E-state index in [2.05, 4.69) is 22.6 Å². The summed E-state index contributed by atoms with van der Waals surface area (Å²) < 4.78 is 23.0. The predicted octanol–water partition coefficient (Wildman–Crippen LogP) is 5.21. The highest BCUT2D eigenvalue weighted by Crippen LogP contribution is 2.37. The Balaban J connectivity index is 1.70. The minimum Gasteiger partial charge on any atom is -0.493 e. The zero-order chi connectivity index (χ0) is 23.1. The smallest absolute Gasteiger partial charge is 0.293 e. The highest BCUT2D eigenvalue weighted by molar-refractivity contribution is 14.1. The number of hydrogen-bond acceptors (Lipinski definition) is 7. The molecule has 0 aromatic heterocycles. The van der Waals surface area contributed by atoms with E-state index in [9.17, 15) is 9.59 Å². The summed E-state index contributed by atoms with van der Waals surface area (Å²) >= 11 is 3.09. The van der Waals surface area contributed by atoms with Crippen molar-refractivity contribution >= 4 is 51.6 Å². The Hall–Kier alpha value is -2.40. The van der Waals surface area contributed by atoms with E-state index in [4.69, 9.17) is 18.9 Å². The Morgan fingerprint density at radius 1 is 1.00 bits per heavy atom. The quantitative estimate of drug-likeness (QED) is 0.287. The van der Waals surface area contributed by atoms with Gasteiger partial charge in [-0.3, -0.25) is 14.5 Å². The third kappa shape index (κ3) is 5.69. The summed E-state index contributed by atoms with van der Waals surface area (Å²) in [6.07, 6.45) is 2.58. The number of carbonyl (C=O) groups excluding carboxylic acids is 2. The number of amides is 2. The van der Waals surface area contributed by atoms with E-state index >= 15 is 0 Å². The number of nitrogens with zero attached hydrogens (tertiary/aromatic N) is 1. The molecule has 1 heterocycles. The van der Waals surface area contributed by atoms with E-state index in [-0.39, 0.29) is 24.3 Å². The molecule has 1 saturated heterocycles. The van der Waals surface area contributed by atoms with Gasteiger partial charge in [-0.05, 0) is 76.7 Å². The van der Waals surface area contributed by atoms with Gasteiger partial charge in [0.25, 0.3) is 11.1 Å². The Kier molecular flexibility index (Phi) is 8.68. The van der Waals surface area contributed by atoms with Crippen LogP contribution in [0.3, 0.4) is 0 Å². The number of thioether (sulfide) groups is 1. The molecular formula is C23H24INO6S. The van der Waals surface area contributed by atoms with Crippen LogP contribution in [-0.2, 0) is 4.79 Å². The average molecular weight is 569 g/mol. The van der Waals surface area contributed by atoms with Gasteiger partial charge in [0.1, 0.15) is 6.61 Å². The maximum atomic E-state index is 12.8. The molecule has 0 radical (unpaired) electrons. The highest BCUT2D eigenvalue weighted by Gasteiger charge is 2.35. The summed E-state index contributed by atoms with van der Waals surface area (Å²) in [6.45, 7) is 2.93. The van der Waals surface area contributed by atoms with Gasteiger partial charge >= 0.3 is 0 Å². The molecular weight excluding hydrogens is 545 g/mol. The third-order valence-corrected chi connectivity index (χ3v) is 6.22. The van der Waals surface area contributed by atoms with Gasteiger partial charge in [0.05, 0.1) is 35.8 Å². The topological polar surface area (TPSA) is 74.3 Å². The van der Waals surface area contributed by atoms with Crippen molar-refractivity contribution in [3.8, 4) is 23.0 Å². The zero-order valence-electron chi connectivity index (χ0n) is 18.1. The molecule has 0 N–H and O–H groups in total. The van der Waals surface area contributed by atoms with Crippen molar-refractivity contribution in [2.75, 3.05) is 34.0 Å². The highest BCUT2D eigenvalue weighted by atomic mass is 127. The number of para-hydroxylation sites is 2. The van der Waals surface area contributed by atoms with Crippen LogP contribution < -0.4 is 18.9 Å². The SMILES string of the molecule is CCCOc1c(I)cc(/C=C2\SC(=O)N(CCOc3ccccc3OC)C2=O)cc1OC. The maximum absolute atomic E-state index is 12.8. The molecule has 0 aliphatic carbocycles. The van der Waals surface area contributed by atoms with E-state index in [1.165, 1.54) is 4.90 Å². The number of rotatable bonds is 10. The standard InChI is InChI=1S/C23H24INO6S/c1-4-10-31-21-16(24)12-15(13-19(21)29-3)14-20-22(26)25(23(27)32-20)9-11-30-18-8-6-5-7-17(18)28-2/h5-8,12-14H,4,9-11H2,1-3H3/b20-14-. The van der Waals surface area contributed by atoms with Crippen molar-refractivity contribution in [1.29, 1.82) is 0 Å². The Bertz CT molecular complexity index is 1030. The van der Waals surface area contributed by atoms with E-state index in [1.807, 2.05) is 25.1 Å². The molecule has 2 amide bonds. The van der Waals surface area contributed by atoms with Crippen molar-refractivity contribution in [3.63, 3.8) is 0 Å². The number of carbonyl (C=O) groups is 2. The number of imide groups is 1. The molecule has 3 rings (SSSR count). The lowest BCUT2D eigenvalue weighted by Crippen LogP contribution is -2.32. The fourth-order valence-corrected chi connectivity index (χ4v) is 4.64. The summed E-state index contributed by atoms with van der Waals surface area (Å²) in [5.74, 6) is 2.07. The predicted molar refractivity (Wildman–Crippen MR) is 133 cm³/mol. The number of hydrogen-bond donors (Lipinski definition) is 0. The van der Waals surface area contributed by atoms with Crippen LogP contribution in [-0.4, -0.2) is 50.0 Å². The molecule has 9 heteroatoms. The normalized spacial score (nSPS) is 14.8. The molecule has 32 heavy (non-hydrogen) atoms. The van der Waals surface area contributed by atoms with Crippen LogP contribution in [0.2, 0.25) is 0 Å². The summed E-state index contributed by atoms with van der Waals surface area (Å²) in [7, 11) is 3.13. The molecule has 1 aliphatic heterocycles. The van der Waals surface area contributed by atoms with Gasteiger partial charge in [-0.25, -0.2) is 0 Å². The van der Waals surface area contributed by atoms with Crippen LogP contribution in [0.4, 0.5) is 4.79 Å². The molecule has 0 saturated carbocycles. The Labute approximate surface area is 205 Å². The van der Waals surface area contributed by atoms with Crippen LogP contribution in [0.5, 0.6) is 23.0 Å². The van der Waals surface area contributed by atoms with Crippen LogP contribution in [0.1, 0.15) is 18.9 Å². The maximum Gasteiger partial charge on any atom is 0.293 e. The molecule has 0 unspecified atom stereocenters. The van der Waals surface area contributed by atoms with Gasteiger partial charge in [-0.1, -0.05) is 19.1 Å². The van der Waals surface area contributed by atoms with Crippen LogP contribution in [0.15, 0.2) is 41.3 Å². The number of methoxy groups -OCH3 is 2. The lowest BCUT2D eigenvalue weighted by molar-refractivity contribution is -0.123. The van der Waals surface area contributed by atoms with Crippen LogP contribution >= 0.6 is 34.4 Å². The second-order valence-electron chi connectivity index (χ2n) is 6.72. The number of benzene rings is 2. The summed E-state index contributed by atoms with van der Waals surface area (Å²) in [6, 6.07) is 10.9. The van der Waals surface area contributed by atoms with Crippen molar-refractivity contribution in [1.82, 2.24) is 4.90 Å². The second-order valence-corrected chi connectivity index (χ2v) is 8.87. The monoisotopic (exact) mass is 569 g/mol. The fraction of sp³-hybridized carbons (Fsp3) is 0.304. The number of ether oxygens (including phenoxy) is 4. The first-order valence-electron chi connectivity index (χ1n) is 10.00. The van der Waals surface area contributed by atoms with Gasteiger partial charge in [0.15, 0.2) is 23.0 Å². The van der Waals surface area contributed by atoms with E-state index in [0.717, 1.165) is 27.3 Å². The minimum absolute atomic E-state index is 0.144. The second kappa shape index (κ2) is 11.5. The molecule has 0 spiro atoms. The van der Waals surface area contributed by atoms with E-state index in [0.29, 0.717) is 34.5 Å². The fourth-order valence-electron chi connectivity index (χ4n) is 3.00. The van der Waals surface area contributed by atoms with Crippen LogP contribution in [0.25, 0.3) is 6.08 Å². The van der Waals surface area contributed by atoms with Gasteiger partial charge in [-0.2, -0.15) is 0 Å². The van der Waals surface area contributed by atoms with Crippen molar-refractivity contribution in [2.24, 2.45) is 0 Å². The molecule has 0 bridgehead atoms. The van der Waals surface area contributed by atoms with Gasteiger partial charge < -0.3 is 18.9 Å². The average Bonchev–Trinajstić information content (AvgIpc) is 3.05. The largest absolute Gasteiger partial charge is 0.493 e. The molecule has 170 valence electrons. The first-order valence-corrected chi connectivity index (χ1v) is 11.9. The summed E-state index contributed by atoms with van der Waals surface area (Å²) in [5, 5.41) is -0.325. The molecule has 1 aliphatic rings. The Morgan fingerprint density at radius 2 is 1.72 bits per heavy atom. The van der Waals surface area contributed by atoms with Gasteiger partial charge in [0, 0.05) is 0 Å². The third-order valence-electron chi connectivity index (χ3n) is 4.52. The first kappa shape index (κ1) is 24.2. The molecule has 0 atom stereocenters. The van der Waals surface area contributed by atoms with E-state index in [1.54, 1.807) is 38.5 Å².